The monoisotopic (exact) mass is 298 g/mol. The molecule has 1 N–H and O–H groups in total. The first kappa shape index (κ1) is 15.9. The fraction of sp³-hybridized carbons (Fsp3) is 0.533. The van der Waals surface area contributed by atoms with E-state index in [9.17, 15) is 18.7 Å². The number of aliphatic hydroxyl groups excluding tert-OH is 1. The van der Waals surface area contributed by atoms with Crippen LogP contribution in [0.1, 0.15) is 24.5 Å². The van der Waals surface area contributed by atoms with Crippen molar-refractivity contribution >= 4 is 5.91 Å². The Labute approximate surface area is 123 Å². The Morgan fingerprint density at radius 3 is 2.76 bits per heavy atom. The molecule has 1 aromatic carbocycles. The number of benzene rings is 1. The van der Waals surface area contributed by atoms with Gasteiger partial charge >= 0.3 is 0 Å². The second-order valence-corrected chi connectivity index (χ2v) is 5.44. The molecular formula is C15H20F2N2O2. The van der Waals surface area contributed by atoms with Gasteiger partial charge in [-0.2, -0.15) is 0 Å². The molecule has 0 saturated carbocycles. The van der Waals surface area contributed by atoms with Crippen molar-refractivity contribution < 1.29 is 18.7 Å². The largest absolute Gasteiger partial charge is 0.387 e. The van der Waals surface area contributed by atoms with E-state index in [0.29, 0.717) is 31.6 Å². The van der Waals surface area contributed by atoms with E-state index >= 15 is 0 Å². The predicted octanol–water partition coefficient (Wildman–Crippen LogP) is 1.55. The maximum atomic E-state index is 13.1. The number of amides is 1. The van der Waals surface area contributed by atoms with E-state index < -0.39 is 17.7 Å². The lowest BCUT2D eigenvalue weighted by Gasteiger charge is -2.24. The summed E-state index contributed by atoms with van der Waals surface area (Å²) in [5.74, 6) is -1.71. The number of hydrogen-bond donors (Lipinski definition) is 1. The standard InChI is InChI=1S/C15H20F2N2O2/c1-18(7-8-19-6-2-3-15(19)21)10-14(20)11-4-5-12(16)13(17)9-11/h4-5,9,14,20H,2-3,6-8,10H2,1H3. The first-order valence-electron chi connectivity index (χ1n) is 7.06. The number of likely N-dealkylation sites (tertiary alicyclic amines) is 1. The molecule has 2 rings (SSSR count). The van der Waals surface area contributed by atoms with Crippen molar-refractivity contribution in [1.29, 1.82) is 0 Å². The fourth-order valence-corrected chi connectivity index (χ4v) is 2.44. The lowest BCUT2D eigenvalue weighted by Crippen LogP contribution is -2.35. The maximum Gasteiger partial charge on any atom is 0.222 e. The second-order valence-electron chi connectivity index (χ2n) is 5.44. The molecule has 1 fully saturated rings. The average molecular weight is 298 g/mol. The Morgan fingerprint density at radius 2 is 2.14 bits per heavy atom. The van der Waals surface area contributed by atoms with Crippen molar-refractivity contribution in [3.63, 3.8) is 0 Å². The molecule has 0 aromatic heterocycles. The maximum absolute atomic E-state index is 13.1. The van der Waals surface area contributed by atoms with Crippen LogP contribution in [0.2, 0.25) is 0 Å². The highest BCUT2D eigenvalue weighted by Crippen LogP contribution is 2.17. The zero-order valence-corrected chi connectivity index (χ0v) is 12.1. The van der Waals surface area contributed by atoms with Crippen molar-refractivity contribution in [3.8, 4) is 0 Å². The van der Waals surface area contributed by atoms with Gasteiger partial charge in [-0.05, 0) is 31.2 Å². The van der Waals surface area contributed by atoms with E-state index in [2.05, 4.69) is 0 Å². The minimum atomic E-state index is -0.961. The van der Waals surface area contributed by atoms with Gasteiger partial charge in [-0.3, -0.25) is 4.79 Å². The lowest BCUT2D eigenvalue weighted by molar-refractivity contribution is -0.127. The van der Waals surface area contributed by atoms with E-state index in [1.165, 1.54) is 6.07 Å². The number of carbonyl (C=O) groups excluding carboxylic acids is 1. The third-order valence-electron chi connectivity index (χ3n) is 3.74. The summed E-state index contributed by atoms with van der Waals surface area (Å²) >= 11 is 0. The molecule has 6 heteroatoms. The van der Waals surface area contributed by atoms with Gasteiger partial charge in [-0.15, -0.1) is 0 Å². The van der Waals surface area contributed by atoms with Crippen LogP contribution in [0.15, 0.2) is 18.2 Å². The summed E-state index contributed by atoms with van der Waals surface area (Å²) in [5.41, 5.74) is 0.345. The number of carbonyl (C=O) groups is 1. The van der Waals surface area contributed by atoms with Crippen molar-refractivity contribution in [2.75, 3.05) is 33.2 Å². The quantitative estimate of drug-likeness (QED) is 0.866. The molecule has 116 valence electrons. The molecule has 1 amide bonds. The first-order valence-corrected chi connectivity index (χ1v) is 7.06. The normalized spacial score (nSPS) is 16.8. The number of hydrogen-bond acceptors (Lipinski definition) is 3. The number of nitrogens with zero attached hydrogens (tertiary/aromatic N) is 2. The topological polar surface area (TPSA) is 43.8 Å². The Kier molecular flexibility index (Phi) is 5.25. The molecule has 1 heterocycles. The van der Waals surface area contributed by atoms with E-state index in [-0.39, 0.29) is 5.91 Å². The van der Waals surface area contributed by atoms with Crippen LogP contribution in [-0.2, 0) is 4.79 Å². The van der Waals surface area contributed by atoms with E-state index in [0.717, 1.165) is 25.1 Å². The Morgan fingerprint density at radius 1 is 1.38 bits per heavy atom. The Bertz CT molecular complexity index is 510. The number of halogens is 2. The minimum Gasteiger partial charge on any atom is -0.387 e. The summed E-state index contributed by atoms with van der Waals surface area (Å²) in [6.45, 7) is 2.35. The summed E-state index contributed by atoms with van der Waals surface area (Å²) < 4.78 is 26.0. The van der Waals surface area contributed by atoms with E-state index in [1.54, 1.807) is 4.90 Å². The highest BCUT2D eigenvalue weighted by molar-refractivity contribution is 5.78. The molecule has 1 aliphatic rings. The second kappa shape index (κ2) is 6.95. The molecule has 0 radical (unpaired) electrons. The highest BCUT2D eigenvalue weighted by atomic mass is 19.2. The zero-order valence-electron chi connectivity index (χ0n) is 12.1. The van der Waals surface area contributed by atoms with Gasteiger partial charge < -0.3 is 14.9 Å². The smallest absolute Gasteiger partial charge is 0.222 e. The van der Waals surface area contributed by atoms with Crippen LogP contribution >= 0.6 is 0 Å². The van der Waals surface area contributed by atoms with Crippen LogP contribution in [0.5, 0.6) is 0 Å². The van der Waals surface area contributed by atoms with Crippen molar-refractivity contribution in [2.45, 2.75) is 18.9 Å². The van der Waals surface area contributed by atoms with Gasteiger partial charge in [0.05, 0.1) is 6.10 Å². The van der Waals surface area contributed by atoms with Gasteiger partial charge in [0, 0.05) is 32.6 Å². The average Bonchev–Trinajstić information content (AvgIpc) is 2.85. The number of rotatable bonds is 6. The van der Waals surface area contributed by atoms with Gasteiger partial charge in [-0.25, -0.2) is 8.78 Å². The molecule has 1 aromatic rings. The van der Waals surface area contributed by atoms with Crippen molar-refractivity contribution in [1.82, 2.24) is 9.80 Å². The summed E-state index contributed by atoms with van der Waals surface area (Å²) in [5, 5.41) is 10.0. The molecule has 1 saturated heterocycles. The SMILES string of the molecule is CN(CCN1CCCC1=O)CC(O)c1ccc(F)c(F)c1. The predicted molar refractivity (Wildman–Crippen MR) is 74.6 cm³/mol. The van der Waals surface area contributed by atoms with Crippen LogP contribution in [0, 0.1) is 11.6 Å². The summed E-state index contributed by atoms with van der Waals surface area (Å²) in [7, 11) is 1.82. The van der Waals surface area contributed by atoms with E-state index in [1.807, 2.05) is 11.9 Å². The first-order chi connectivity index (χ1) is 9.97. The molecule has 1 aliphatic heterocycles. The highest BCUT2D eigenvalue weighted by Gasteiger charge is 2.20. The van der Waals surface area contributed by atoms with Crippen LogP contribution in [0.3, 0.4) is 0 Å². The minimum absolute atomic E-state index is 0.171. The van der Waals surface area contributed by atoms with Gasteiger partial charge in [0.1, 0.15) is 0 Å². The molecule has 1 atom stereocenters. The van der Waals surface area contributed by atoms with Crippen LogP contribution in [0.25, 0.3) is 0 Å². The van der Waals surface area contributed by atoms with Crippen LogP contribution in [-0.4, -0.2) is 54.0 Å². The Hall–Kier alpha value is -1.53. The molecule has 0 spiro atoms. The molecule has 0 aliphatic carbocycles. The van der Waals surface area contributed by atoms with Gasteiger partial charge in [-0.1, -0.05) is 6.07 Å². The van der Waals surface area contributed by atoms with Gasteiger partial charge in [0.25, 0.3) is 0 Å². The molecule has 21 heavy (non-hydrogen) atoms. The molecular weight excluding hydrogens is 278 g/mol. The molecule has 4 nitrogen and oxygen atoms in total. The van der Waals surface area contributed by atoms with Gasteiger partial charge in [0.2, 0.25) is 5.91 Å². The van der Waals surface area contributed by atoms with Crippen LogP contribution < -0.4 is 0 Å². The third-order valence-corrected chi connectivity index (χ3v) is 3.74. The summed E-state index contributed by atoms with van der Waals surface area (Å²) in [6.07, 6.45) is 0.626. The van der Waals surface area contributed by atoms with Gasteiger partial charge in [0.15, 0.2) is 11.6 Å². The van der Waals surface area contributed by atoms with Crippen molar-refractivity contribution in [3.05, 3.63) is 35.4 Å². The Balaban J connectivity index is 1.82. The lowest BCUT2D eigenvalue weighted by atomic mass is 10.1. The summed E-state index contributed by atoms with van der Waals surface area (Å²) in [4.78, 5) is 15.2. The summed E-state index contributed by atoms with van der Waals surface area (Å²) in [6, 6.07) is 3.40. The number of aliphatic hydroxyl groups is 1. The van der Waals surface area contributed by atoms with Crippen molar-refractivity contribution in [2.24, 2.45) is 0 Å². The number of likely N-dealkylation sites (N-methyl/N-ethyl adjacent to an activating group) is 1. The fourth-order valence-electron chi connectivity index (χ4n) is 2.44. The zero-order chi connectivity index (χ0) is 15.4. The molecule has 0 bridgehead atoms. The molecule has 1 unspecified atom stereocenters. The third kappa shape index (κ3) is 4.22. The van der Waals surface area contributed by atoms with Crippen LogP contribution in [0.4, 0.5) is 8.78 Å². The van der Waals surface area contributed by atoms with E-state index in [4.69, 9.17) is 0 Å².